The molecule has 1 aliphatic carbocycles. The predicted octanol–water partition coefficient (Wildman–Crippen LogP) is 3.93. The van der Waals surface area contributed by atoms with Crippen LogP contribution in [-0.2, 0) is 18.8 Å². The van der Waals surface area contributed by atoms with Crippen LogP contribution in [0, 0.1) is 0 Å². The van der Waals surface area contributed by atoms with Gasteiger partial charge in [-0.1, -0.05) is 48.5 Å². The molecular weight excluding hydrogens is 218 g/mol. The molecule has 2 aromatic rings. The molecule has 1 aliphatic rings. The van der Waals surface area contributed by atoms with Gasteiger partial charge in [-0.3, -0.25) is 0 Å². The average Bonchev–Trinajstić information content (AvgIpc) is 2.42. The van der Waals surface area contributed by atoms with Gasteiger partial charge in [0.2, 0.25) is 0 Å². The Kier molecular flexibility index (Phi) is 2.25. The van der Waals surface area contributed by atoms with Crippen molar-refractivity contribution in [2.24, 2.45) is 0 Å². The van der Waals surface area contributed by atoms with E-state index in [9.17, 15) is 8.78 Å². The van der Waals surface area contributed by atoms with Gasteiger partial charge in [-0.15, -0.1) is 0 Å². The highest BCUT2D eigenvalue weighted by Gasteiger charge is 2.36. The van der Waals surface area contributed by atoms with E-state index >= 15 is 0 Å². The van der Waals surface area contributed by atoms with Gasteiger partial charge in [0, 0.05) is 12.0 Å². The van der Waals surface area contributed by atoms with Crippen LogP contribution >= 0.6 is 0 Å². The van der Waals surface area contributed by atoms with Crippen LogP contribution in [0.1, 0.15) is 22.3 Å². The third-order valence-electron chi connectivity index (χ3n) is 3.32. The summed E-state index contributed by atoms with van der Waals surface area (Å²) in [5, 5.41) is 0. The van der Waals surface area contributed by atoms with Gasteiger partial charge in [-0.05, 0) is 23.1 Å². The SMILES string of the molecule is FC1(F)Cc2ccccc2Cc2ccccc21. The zero-order valence-corrected chi connectivity index (χ0v) is 9.29. The second-order valence-corrected chi connectivity index (χ2v) is 4.48. The van der Waals surface area contributed by atoms with Gasteiger partial charge < -0.3 is 0 Å². The maximum atomic E-state index is 14.1. The fraction of sp³-hybridized carbons (Fsp3) is 0.200. The lowest BCUT2D eigenvalue weighted by atomic mass is 10.00. The Labute approximate surface area is 98.9 Å². The lowest BCUT2D eigenvalue weighted by molar-refractivity contribution is -0.00370. The third-order valence-corrected chi connectivity index (χ3v) is 3.32. The van der Waals surface area contributed by atoms with E-state index in [1.165, 1.54) is 0 Å². The Morgan fingerprint density at radius 3 is 2.12 bits per heavy atom. The van der Waals surface area contributed by atoms with Crippen LogP contribution in [0.5, 0.6) is 0 Å². The maximum Gasteiger partial charge on any atom is 0.277 e. The molecule has 2 aromatic carbocycles. The van der Waals surface area contributed by atoms with Crippen LogP contribution in [0.4, 0.5) is 8.78 Å². The summed E-state index contributed by atoms with van der Waals surface area (Å²) in [6, 6.07) is 14.3. The van der Waals surface area contributed by atoms with Gasteiger partial charge in [0.05, 0.1) is 0 Å². The molecule has 0 bridgehead atoms. The zero-order valence-electron chi connectivity index (χ0n) is 9.29. The minimum Gasteiger partial charge on any atom is -0.201 e. The highest BCUT2D eigenvalue weighted by atomic mass is 19.3. The first-order valence-corrected chi connectivity index (χ1v) is 5.70. The molecule has 0 nitrogen and oxygen atoms in total. The number of fused-ring (bicyclic) bond motifs is 2. The number of halogens is 2. The lowest BCUT2D eigenvalue weighted by Gasteiger charge is -2.16. The number of alkyl halides is 2. The Morgan fingerprint density at radius 2 is 1.35 bits per heavy atom. The first-order valence-electron chi connectivity index (χ1n) is 5.70. The smallest absolute Gasteiger partial charge is 0.201 e. The molecule has 0 N–H and O–H groups in total. The van der Waals surface area contributed by atoms with Crippen molar-refractivity contribution in [3.8, 4) is 0 Å². The number of benzene rings is 2. The van der Waals surface area contributed by atoms with Crippen molar-refractivity contribution < 1.29 is 8.78 Å². The monoisotopic (exact) mass is 230 g/mol. The normalized spacial score (nSPS) is 16.8. The fourth-order valence-corrected chi connectivity index (χ4v) is 2.47. The summed E-state index contributed by atoms with van der Waals surface area (Å²) in [7, 11) is 0. The predicted molar refractivity (Wildman–Crippen MR) is 63.3 cm³/mol. The van der Waals surface area contributed by atoms with Gasteiger partial charge in [-0.25, -0.2) is 8.78 Å². The van der Waals surface area contributed by atoms with Gasteiger partial charge in [0.15, 0.2) is 0 Å². The standard InChI is InChI=1S/C15H12F2/c16-15(17)10-13-7-2-1-5-11(13)9-12-6-3-4-8-14(12)15/h1-8H,9-10H2. The van der Waals surface area contributed by atoms with Crippen LogP contribution in [-0.4, -0.2) is 0 Å². The first-order chi connectivity index (χ1) is 8.17. The zero-order chi connectivity index (χ0) is 11.9. The molecule has 0 saturated carbocycles. The van der Waals surface area contributed by atoms with Gasteiger partial charge >= 0.3 is 0 Å². The van der Waals surface area contributed by atoms with E-state index in [2.05, 4.69) is 0 Å². The van der Waals surface area contributed by atoms with E-state index in [0.29, 0.717) is 6.42 Å². The van der Waals surface area contributed by atoms with Crippen molar-refractivity contribution in [3.63, 3.8) is 0 Å². The van der Waals surface area contributed by atoms with E-state index in [0.717, 1.165) is 16.7 Å². The van der Waals surface area contributed by atoms with Crippen molar-refractivity contribution in [2.75, 3.05) is 0 Å². The van der Waals surface area contributed by atoms with Crippen LogP contribution < -0.4 is 0 Å². The molecular formula is C15H12F2. The average molecular weight is 230 g/mol. The van der Waals surface area contributed by atoms with E-state index in [4.69, 9.17) is 0 Å². The van der Waals surface area contributed by atoms with Gasteiger partial charge in [0.25, 0.3) is 5.92 Å². The topological polar surface area (TPSA) is 0 Å². The molecule has 17 heavy (non-hydrogen) atoms. The van der Waals surface area contributed by atoms with Gasteiger partial charge in [-0.2, -0.15) is 0 Å². The summed E-state index contributed by atoms with van der Waals surface area (Å²) in [5.74, 6) is -2.76. The summed E-state index contributed by atoms with van der Waals surface area (Å²) in [6.45, 7) is 0. The van der Waals surface area contributed by atoms with E-state index < -0.39 is 5.92 Å². The van der Waals surface area contributed by atoms with Crippen molar-refractivity contribution in [1.82, 2.24) is 0 Å². The van der Waals surface area contributed by atoms with Crippen LogP contribution in [0.25, 0.3) is 0 Å². The molecule has 0 saturated heterocycles. The molecule has 0 radical (unpaired) electrons. The molecule has 0 fully saturated rings. The molecule has 0 amide bonds. The Hall–Kier alpha value is -1.70. The maximum absolute atomic E-state index is 14.1. The molecule has 2 heteroatoms. The molecule has 3 rings (SSSR count). The van der Waals surface area contributed by atoms with Crippen LogP contribution in [0.3, 0.4) is 0 Å². The van der Waals surface area contributed by atoms with Crippen LogP contribution in [0.2, 0.25) is 0 Å². The summed E-state index contributed by atoms with van der Waals surface area (Å²) in [4.78, 5) is 0. The highest BCUT2D eigenvalue weighted by Crippen LogP contribution is 2.38. The largest absolute Gasteiger partial charge is 0.277 e. The van der Waals surface area contributed by atoms with E-state index in [1.54, 1.807) is 24.3 Å². The van der Waals surface area contributed by atoms with Crippen molar-refractivity contribution in [2.45, 2.75) is 18.8 Å². The highest BCUT2D eigenvalue weighted by molar-refractivity contribution is 5.42. The first kappa shape index (κ1) is 10.5. The molecule has 0 unspecified atom stereocenters. The minimum atomic E-state index is -2.76. The van der Waals surface area contributed by atoms with Crippen LogP contribution in [0.15, 0.2) is 48.5 Å². The molecule has 0 aromatic heterocycles. The quantitative estimate of drug-likeness (QED) is 0.643. The van der Waals surface area contributed by atoms with Crippen molar-refractivity contribution >= 4 is 0 Å². The van der Waals surface area contributed by atoms with Crippen molar-refractivity contribution in [1.29, 1.82) is 0 Å². The summed E-state index contributed by atoms with van der Waals surface area (Å²) in [5.41, 5.74) is 2.68. The number of rotatable bonds is 0. The van der Waals surface area contributed by atoms with E-state index in [1.807, 2.05) is 24.3 Å². The molecule has 86 valence electrons. The molecule has 0 aliphatic heterocycles. The van der Waals surface area contributed by atoms with E-state index in [-0.39, 0.29) is 12.0 Å². The summed E-state index contributed by atoms with van der Waals surface area (Å²) < 4.78 is 28.3. The Balaban J connectivity index is 2.21. The third kappa shape index (κ3) is 1.74. The molecule has 0 heterocycles. The molecule has 0 spiro atoms. The van der Waals surface area contributed by atoms with Gasteiger partial charge in [0.1, 0.15) is 0 Å². The number of hydrogen-bond acceptors (Lipinski definition) is 0. The lowest BCUT2D eigenvalue weighted by Crippen LogP contribution is -2.17. The second kappa shape index (κ2) is 3.66. The Morgan fingerprint density at radius 1 is 0.765 bits per heavy atom. The Bertz CT molecular complexity index is 558. The second-order valence-electron chi connectivity index (χ2n) is 4.48. The number of hydrogen-bond donors (Lipinski definition) is 0. The van der Waals surface area contributed by atoms with Crippen molar-refractivity contribution in [3.05, 3.63) is 70.8 Å². The summed E-state index contributed by atoms with van der Waals surface area (Å²) >= 11 is 0. The molecule has 0 atom stereocenters. The summed E-state index contributed by atoms with van der Waals surface area (Å²) in [6.07, 6.45) is 0.405. The minimum absolute atomic E-state index is 0.177. The fourth-order valence-electron chi connectivity index (χ4n) is 2.47.